The van der Waals surface area contributed by atoms with Gasteiger partial charge in [0.2, 0.25) is 10.0 Å². The lowest BCUT2D eigenvalue weighted by atomic mass is 10.2. The molecule has 1 aliphatic rings. The van der Waals surface area contributed by atoms with Crippen molar-refractivity contribution in [2.24, 2.45) is 0 Å². The topological polar surface area (TPSA) is 83.6 Å². The molecule has 0 heterocycles. The van der Waals surface area contributed by atoms with E-state index in [4.69, 9.17) is 10.8 Å². The van der Waals surface area contributed by atoms with Crippen LogP contribution in [0.5, 0.6) is 0 Å². The zero-order chi connectivity index (χ0) is 13.3. The highest BCUT2D eigenvalue weighted by molar-refractivity contribution is 7.89. The standard InChI is InChI=1S/C12H18N2O3S/c1-9-8-11(4-5-12(9)13)18(16,17)14(6-7-15)10-2-3-10/h4-5,8,10,15H,2-3,6-7,13H2,1H3. The summed E-state index contributed by atoms with van der Waals surface area (Å²) in [6, 6.07) is 4.74. The van der Waals surface area contributed by atoms with Crippen molar-refractivity contribution >= 4 is 15.7 Å². The second-order valence-electron chi connectivity index (χ2n) is 4.59. The Morgan fingerprint density at radius 2 is 2.11 bits per heavy atom. The number of anilines is 1. The molecule has 100 valence electrons. The summed E-state index contributed by atoms with van der Waals surface area (Å²) < 4.78 is 26.3. The number of nitrogen functional groups attached to an aromatic ring is 1. The third-order valence-electron chi connectivity index (χ3n) is 3.12. The molecule has 0 bridgehead atoms. The summed E-state index contributed by atoms with van der Waals surface area (Å²) in [6.45, 7) is 1.77. The lowest BCUT2D eigenvalue weighted by Gasteiger charge is -2.21. The van der Waals surface area contributed by atoms with Gasteiger partial charge < -0.3 is 10.8 Å². The zero-order valence-corrected chi connectivity index (χ0v) is 11.2. The quantitative estimate of drug-likeness (QED) is 0.772. The monoisotopic (exact) mass is 270 g/mol. The van der Waals surface area contributed by atoms with Crippen LogP contribution in [0.4, 0.5) is 5.69 Å². The van der Waals surface area contributed by atoms with Crippen molar-refractivity contribution in [1.82, 2.24) is 4.31 Å². The van der Waals surface area contributed by atoms with Gasteiger partial charge in [0.15, 0.2) is 0 Å². The van der Waals surface area contributed by atoms with E-state index in [0.717, 1.165) is 18.4 Å². The van der Waals surface area contributed by atoms with Gasteiger partial charge in [-0.25, -0.2) is 8.42 Å². The molecule has 1 aliphatic carbocycles. The molecule has 0 aliphatic heterocycles. The summed E-state index contributed by atoms with van der Waals surface area (Å²) in [7, 11) is -3.52. The van der Waals surface area contributed by atoms with Crippen LogP contribution in [0.15, 0.2) is 23.1 Å². The number of sulfonamides is 1. The van der Waals surface area contributed by atoms with Crippen LogP contribution in [0.3, 0.4) is 0 Å². The molecule has 2 rings (SSSR count). The lowest BCUT2D eigenvalue weighted by Crippen LogP contribution is -2.35. The van der Waals surface area contributed by atoms with Crippen molar-refractivity contribution < 1.29 is 13.5 Å². The molecular formula is C12H18N2O3S. The van der Waals surface area contributed by atoms with Crippen LogP contribution in [0.25, 0.3) is 0 Å². The summed E-state index contributed by atoms with van der Waals surface area (Å²) in [5, 5.41) is 9.00. The van der Waals surface area contributed by atoms with Gasteiger partial charge in [0.1, 0.15) is 0 Å². The van der Waals surface area contributed by atoms with Crippen LogP contribution in [0.1, 0.15) is 18.4 Å². The smallest absolute Gasteiger partial charge is 0.243 e. The van der Waals surface area contributed by atoms with Crippen LogP contribution in [0, 0.1) is 6.92 Å². The summed E-state index contributed by atoms with van der Waals surface area (Å²) >= 11 is 0. The summed E-state index contributed by atoms with van der Waals surface area (Å²) in [5.74, 6) is 0. The van der Waals surface area contributed by atoms with Gasteiger partial charge in [0.05, 0.1) is 11.5 Å². The SMILES string of the molecule is Cc1cc(S(=O)(=O)N(CCO)C2CC2)ccc1N. The third-order valence-corrected chi connectivity index (χ3v) is 5.07. The highest BCUT2D eigenvalue weighted by Crippen LogP contribution is 2.32. The fourth-order valence-electron chi connectivity index (χ4n) is 1.90. The highest BCUT2D eigenvalue weighted by atomic mass is 32.2. The van der Waals surface area contributed by atoms with E-state index >= 15 is 0 Å². The Kier molecular flexibility index (Phi) is 3.61. The fraction of sp³-hybridized carbons (Fsp3) is 0.500. The van der Waals surface area contributed by atoms with Crippen LogP contribution in [-0.4, -0.2) is 37.0 Å². The van der Waals surface area contributed by atoms with E-state index in [2.05, 4.69) is 0 Å². The van der Waals surface area contributed by atoms with E-state index in [-0.39, 0.29) is 24.1 Å². The molecule has 0 spiro atoms. The molecule has 0 unspecified atom stereocenters. The number of aliphatic hydroxyl groups is 1. The van der Waals surface area contributed by atoms with Crippen LogP contribution in [-0.2, 0) is 10.0 Å². The minimum Gasteiger partial charge on any atom is -0.399 e. The van der Waals surface area contributed by atoms with E-state index in [1.807, 2.05) is 0 Å². The summed E-state index contributed by atoms with van der Waals surface area (Å²) in [5.41, 5.74) is 7.01. The third kappa shape index (κ3) is 2.50. The first-order valence-electron chi connectivity index (χ1n) is 5.95. The number of aryl methyl sites for hydroxylation is 1. The Balaban J connectivity index is 2.36. The van der Waals surface area contributed by atoms with Crippen molar-refractivity contribution in [3.63, 3.8) is 0 Å². The second kappa shape index (κ2) is 4.87. The average molecular weight is 270 g/mol. The molecule has 1 aromatic rings. The minimum absolute atomic E-state index is 0.0417. The number of aliphatic hydroxyl groups excluding tert-OH is 1. The number of hydrogen-bond donors (Lipinski definition) is 2. The molecule has 0 aromatic heterocycles. The minimum atomic E-state index is -3.52. The van der Waals surface area contributed by atoms with E-state index in [9.17, 15) is 8.42 Å². The highest BCUT2D eigenvalue weighted by Gasteiger charge is 2.37. The van der Waals surface area contributed by atoms with E-state index < -0.39 is 10.0 Å². The van der Waals surface area contributed by atoms with E-state index in [1.54, 1.807) is 19.1 Å². The Bertz CT molecular complexity index is 538. The normalized spacial score (nSPS) is 16.2. The van der Waals surface area contributed by atoms with Crippen molar-refractivity contribution in [3.05, 3.63) is 23.8 Å². The first kappa shape index (κ1) is 13.3. The average Bonchev–Trinajstić information content (AvgIpc) is 3.13. The van der Waals surface area contributed by atoms with E-state index in [1.165, 1.54) is 10.4 Å². The molecule has 0 saturated heterocycles. The number of benzene rings is 1. The molecule has 3 N–H and O–H groups in total. The van der Waals surface area contributed by atoms with Crippen molar-refractivity contribution in [1.29, 1.82) is 0 Å². The summed E-state index contributed by atoms with van der Waals surface area (Å²) in [4.78, 5) is 0.245. The number of nitrogens with two attached hydrogens (primary N) is 1. The molecule has 0 amide bonds. The van der Waals surface area contributed by atoms with Crippen molar-refractivity contribution in [3.8, 4) is 0 Å². The maximum Gasteiger partial charge on any atom is 0.243 e. The fourth-order valence-corrected chi connectivity index (χ4v) is 3.67. The number of rotatable bonds is 5. The molecule has 18 heavy (non-hydrogen) atoms. The largest absolute Gasteiger partial charge is 0.399 e. The molecule has 1 aromatic carbocycles. The van der Waals surface area contributed by atoms with Gasteiger partial charge in [0, 0.05) is 18.3 Å². The van der Waals surface area contributed by atoms with Gasteiger partial charge in [-0.05, 0) is 43.5 Å². The first-order chi connectivity index (χ1) is 8.46. The molecule has 0 radical (unpaired) electrons. The Morgan fingerprint density at radius 1 is 1.44 bits per heavy atom. The van der Waals surface area contributed by atoms with Crippen molar-refractivity contribution in [2.75, 3.05) is 18.9 Å². The predicted molar refractivity (Wildman–Crippen MR) is 69.6 cm³/mol. The van der Waals surface area contributed by atoms with Crippen molar-refractivity contribution in [2.45, 2.75) is 30.7 Å². The zero-order valence-electron chi connectivity index (χ0n) is 10.3. The van der Waals surface area contributed by atoms with Gasteiger partial charge in [-0.2, -0.15) is 4.31 Å². The molecule has 1 saturated carbocycles. The molecule has 0 atom stereocenters. The maximum atomic E-state index is 12.4. The van der Waals surface area contributed by atoms with Crippen LogP contribution < -0.4 is 5.73 Å². The van der Waals surface area contributed by atoms with Gasteiger partial charge in [-0.1, -0.05) is 0 Å². The lowest BCUT2D eigenvalue weighted by molar-refractivity contribution is 0.250. The molecular weight excluding hydrogens is 252 g/mol. The summed E-state index contributed by atoms with van der Waals surface area (Å²) in [6.07, 6.45) is 1.74. The maximum absolute atomic E-state index is 12.4. The first-order valence-corrected chi connectivity index (χ1v) is 7.39. The molecule has 5 nitrogen and oxygen atoms in total. The van der Waals surface area contributed by atoms with E-state index in [0.29, 0.717) is 5.69 Å². The van der Waals surface area contributed by atoms with Gasteiger partial charge in [0.25, 0.3) is 0 Å². The molecule has 6 heteroatoms. The Morgan fingerprint density at radius 3 is 2.61 bits per heavy atom. The van der Waals surface area contributed by atoms with Gasteiger partial charge in [-0.15, -0.1) is 0 Å². The number of hydrogen-bond acceptors (Lipinski definition) is 4. The second-order valence-corrected chi connectivity index (χ2v) is 6.48. The van der Waals surface area contributed by atoms with Gasteiger partial charge >= 0.3 is 0 Å². The van der Waals surface area contributed by atoms with Gasteiger partial charge in [-0.3, -0.25) is 0 Å². The molecule has 1 fully saturated rings. The predicted octanol–water partition coefficient (Wildman–Crippen LogP) is 0.723. The van der Waals surface area contributed by atoms with Crippen LogP contribution in [0.2, 0.25) is 0 Å². The Hall–Kier alpha value is -1.11. The number of nitrogens with zero attached hydrogens (tertiary/aromatic N) is 1. The van der Waals surface area contributed by atoms with Crippen LogP contribution >= 0.6 is 0 Å². The Labute approximate surface area is 107 Å².